The van der Waals surface area contributed by atoms with Gasteiger partial charge in [0.15, 0.2) is 0 Å². The number of nitrogens with zero attached hydrogens (tertiary/aromatic N) is 1. The fourth-order valence-electron chi connectivity index (χ4n) is 2.52. The van der Waals surface area contributed by atoms with Crippen LogP contribution in [0, 0.1) is 5.82 Å². The summed E-state index contributed by atoms with van der Waals surface area (Å²) >= 11 is 7.45. The maximum absolute atomic E-state index is 13.4. The minimum absolute atomic E-state index is 0.268. The van der Waals surface area contributed by atoms with E-state index in [4.69, 9.17) is 17.3 Å². The quantitative estimate of drug-likeness (QED) is 0.746. The molecule has 1 heterocycles. The first-order chi connectivity index (χ1) is 11.9. The van der Waals surface area contributed by atoms with Crippen molar-refractivity contribution in [2.45, 2.75) is 6.54 Å². The smallest absolute Gasteiger partial charge is 0.265 e. The summed E-state index contributed by atoms with van der Waals surface area (Å²) in [5.41, 5.74) is 6.43. The molecule has 0 aliphatic carbocycles. The van der Waals surface area contributed by atoms with Crippen LogP contribution in [0.15, 0.2) is 42.5 Å². The van der Waals surface area contributed by atoms with Gasteiger partial charge >= 0.3 is 0 Å². The second-order valence-electron chi connectivity index (χ2n) is 5.61. The molecule has 7 heteroatoms. The number of benzene rings is 2. The van der Waals surface area contributed by atoms with Crippen molar-refractivity contribution in [2.24, 2.45) is 5.73 Å². The Balaban J connectivity index is 1.86. The summed E-state index contributed by atoms with van der Waals surface area (Å²) in [6.45, 7) is 0.291. The average Bonchev–Trinajstić information content (AvgIpc) is 2.90. The van der Waals surface area contributed by atoms with Crippen LogP contribution >= 0.6 is 22.9 Å². The van der Waals surface area contributed by atoms with E-state index in [0.717, 1.165) is 16.9 Å². The predicted molar refractivity (Wildman–Crippen MR) is 97.6 cm³/mol. The molecule has 1 aromatic heterocycles. The minimum Gasteiger partial charge on any atom is -0.366 e. The Morgan fingerprint density at radius 2 is 2.00 bits per heavy atom. The van der Waals surface area contributed by atoms with E-state index in [0.29, 0.717) is 32.1 Å². The van der Waals surface area contributed by atoms with Gasteiger partial charge in [0.1, 0.15) is 10.7 Å². The second kappa shape index (κ2) is 6.82. The Morgan fingerprint density at radius 3 is 2.72 bits per heavy atom. The van der Waals surface area contributed by atoms with Crippen molar-refractivity contribution in [2.75, 3.05) is 7.05 Å². The number of carbonyl (C=O) groups is 2. The van der Waals surface area contributed by atoms with Crippen LogP contribution in [-0.2, 0) is 6.54 Å². The lowest BCUT2D eigenvalue weighted by Gasteiger charge is -2.17. The van der Waals surface area contributed by atoms with Crippen LogP contribution < -0.4 is 5.73 Å². The number of fused-ring (bicyclic) bond motifs is 1. The van der Waals surface area contributed by atoms with Crippen molar-refractivity contribution in [1.82, 2.24) is 4.90 Å². The van der Waals surface area contributed by atoms with E-state index in [1.165, 1.54) is 17.0 Å². The molecule has 0 unspecified atom stereocenters. The summed E-state index contributed by atoms with van der Waals surface area (Å²) in [4.78, 5) is 25.8. The molecule has 25 heavy (non-hydrogen) atoms. The van der Waals surface area contributed by atoms with Crippen molar-refractivity contribution in [3.63, 3.8) is 0 Å². The molecule has 0 spiro atoms. The summed E-state index contributed by atoms with van der Waals surface area (Å²) in [6.07, 6.45) is 0. The molecular formula is C18H14ClFN2O2S. The summed E-state index contributed by atoms with van der Waals surface area (Å²) in [5, 5.41) is 0.975. The predicted octanol–water partition coefficient (Wildman–Crippen LogP) is 4.06. The number of rotatable bonds is 4. The van der Waals surface area contributed by atoms with Gasteiger partial charge in [-0.15, -0.1) is 11.3 Å². The molecule has 0 bridgehead atoms. The zero-order valence-electron chi connectivity index (χ0n) is 13.3. The molecule has 0 radical (unpaired) electrons. The average molecular weight is 377 g/mol. The molecule has 0 aliphatic heterocycles. The molecule has 0 saturated carbocycles. The van der Waals surface area contributed by atoms with Gasteiger partial charge in [-0.3, -0.25) is 9.59 Å². The Morgan fingerprint density at radius 1 is 1.24 bits per heavy atom. The highest BCUT2D eigenvalue weighted by Gasteiger charge is 2.21. The van der Waals surface area contributed by atoms with Gasteiger partial charge in [0, 0.05) is 29.2 Å². The molecule has 2 N–H and O–H groups in total. The molecule has 2 aromatic carbocycles. The van der Waals surface area contributed by atoms with E-state index in [-0.39, 0.29) is 11.7 Å². The molecule has 3 rings (SSSR count). The number of primary amides is 1. The van der Waals surface area contributed by atoms with Crippen LogP contribution in [0.5, 0.6) is 0 Å². The van der Waals surface area contributed by atoms with Crippen LogP contribution in [0.4, 0.5) is 4.39 Å². The Hall–Kier alpha value is -2.44. The number of nitrogens with two attached hydrogens (primary N) is 1. The van der Waals surface area contributed by atoms with Crippen LogP contribution in [0.1, 0.15) is 25.6 Å². The number of hydrogen-bond acceptors (Lipinski definition) is 3. The number of thiophene rings is 1. The van der Waals surface area contributed by atoms with Crippen molar-refractivity contribution in [3.8, 4) is 0 Å². The first kappa shape index (κ1) is 17.4. The number of hydrogen-bond donors (Lipinski definition) is 1. The highest BCUT2D eigenvalue weighted by molar-refractivity contribution is 7.21. The van der Waals surface area contributed by atoms with Crippen LogP contribution in [0.3, 0.4) is 0 Å². The Kier molecular flexibility index (Phi) is 4.74. The fraction of sp³-hybridized carbons (Fsp3) is 0.111. The zero-order chi connectivity index (χ0) is 18.1. The number of carbonyl (C=O) groups excluding carboxylic acids is 2. The summed E-state index contributed by atoms with van der Waals surface area (Å²) in [7, 11) is 1.64. The summed E-state index contributed by atoms with van der Waals surface area (Å²) in [6, 6.07) is 11.0. The van der Waals surface area contributed by atoms with Crippen molar-refractivity contribution >= 4 is 44.8 Å². The maximum atomic E-state index is 13.4. The Bertz CT molecular complexity index is 986. The first-order valence-corrected chi connectivity index (χ1v) is 8.58. The number of amides is 2. The van der Waals surface area contributed by atoms with Gasteiger partial charge in [-0.2, -0.15) is 0 Å². The van der Waals surface area contributed by atoms with Gasteiger partial charge < -0.3 is 10.6 Å². The third-order valence-corrected chi connectivity index (χ3v) is 5.41. The molecule has 128 valence electrons. The maximum Gasteiger partial charge on any atom is 0.265 e. The molecule has 4 nitrogen and oxygen atoms in total. The fourth-order valence-corrected chi connectivity index (χ4v) is 4.05. The molecular weight excluding hydrogens is 363 g/mol. The molecule has 0 atom stereocenters. The molecule has 0 saturated heterocycles. The van der Waals surface area contributed by atoms with E-state index in [9.17, 15) is 14.0 Å². The van der Waals surface area contributed by atoms with Gasteiger partial charge in [0.2, 0.25) is 5.91 Å². The lowest BCUT2D eigenvalue weighted by atomic mass is 10.1. The highest BCUT2D eigenvalue weighted by Crippen LogP contribution is 2.36. The van der Waals surface area contributed by atoms with Crippen molar-refractivity contribution in [3.05, 3.63) is 69.3 Å². The molecule has 3 aromatic rings. The van der Waals surface area contributed by atoms with Gasteiger partial charge in [-0.1, -0.05) is 23.7 Å². The monoisotopic (exact) mass is 376 g/mol. The number of halogens is 2. The SMILES string of the molecule is CN(Cc1cccc(C(N)=O)c1)C(=O)c1sc2cc(F)ccc2c1Cl. The largest absolute Gasteiger partial charge is 0.366 e. The molecule has 0 aliphatic rings. The third-order valence-electron chi connectivity index (χ3n) is 3.76. The first-order valence-electron chi connectivity index (χ1n) is 7.38. The Labute approximate surface area is 152 Å². The highest BCUT2D eigenvalue weighted by atomic mass is 35.5. The van der Waals surface area contributed by atoms with E-state index >= 15 is 0 Å². The lowest BCUT2D eigenvalue weighted by Crippen LogP contribution is -2.25. The zero-order valence-corrected chi connectivity index (χ0v) is 14.8. The minimum atomic E-state index is -0.523. The van der Waals surface area contributed by atoms with E-state index in [1.54, 1.807) is 37.4 Å². The van der Waals surface area contributed by atoms with Crippen LogP contribution in [0.25, 0.3) is 10.1 Å². The van der Waals surface area contributed by atoms with Gasteiger partial charge in [0.25, 0.3) is 5.91 Å². The third kappa shape index (κ3) is 3.50. The summed E-state index contributed by atoms with van der Waals surface area (Å²) in [5.74, 6) is -1.16. The second-order valence-corrected chi connectivity index (χ2v) is 7.04. The molecule has 0 fully saturated rings. The van der Waals surface area contributed by atoms with Gasteiger partial charge in [-0.25, -0.2) is 4.39 Å². The van der Waals surface area contributed by atoms with Crippen molar-refractivity contribution < 1.29 is 14.0 Å². The van der Waals surface area contributed by atoms with Gasteiger partial charge in [0.05, 0.1) is 5.02 Å². The summed E-state index contributed by atoms with van der Waals surface area (Å²) < 4.78 is 14.0. The topological polar surface area (TPSA) is 63.4 Å². The normalized spacial score (nSPS) is 10.8. The van der Waals surface area contributed by atoms with E-state index in [2.05, 4.69) is 0 Å². The van der Waals surface area contributed by atoms with Gasteiger partial charge in [-0.05, 0) is 35.9 Å². The van der Waals surface area contributed by atoms with E-state index in [1.807, 2.05) is 0 Å². The lowest BCUT2D eigenvalue weighted by molar-refractivity contribution is 0.0790. The van der Waals surface area contributed by atoms with E-state index < -0.39 is 5.91 Å². The van der Waals surface area contributed by atoms with Crippen LogP contribution in [-0.4, -0.2) is 23.8 Å². The van der Waals surface area contributed by atoms with Crippen LogP contribution in [0.2, 0.25) is 5.02 Å². The standard InChI is InChI=1S/C18H14ClFN2O2S/c1-22(9-10-3-2-4-11(7-10)17(21)23)18(24)16-15(19)13-6-5-12(20)8-14(13)25-16/h2-8H,9H2,1H3,(H2,21,23). The van der Waals surface area contributed by atoms with Crippen molar-refractivity contribution in [1.29, 1.82) is 0 Å². The molecule has 2 amide bonds.